The van der Waals surface area contributed by atoms with Crippen LogP contribution in [0.5, 0.6) is 11.5 Å². The Kier molecular flexibility index (Phi) is 19.3. The van der Waals surface area contributed by atoms with E-state index in [1.54, 1.807) is 60.7 Å². The van der Waals surface area contributed by atoms with Crippen molar-refractivity contribution in [2.75, 3.05) is 20.5 Å². The quantitative estimate of drug-likeness (QED) is 0.0866. The molecular weight excluding hydrogens is 885 g/mol. The minimum atomic E-state index is -4.08. The molecule has 0 radical (unpaired) electrons. The second kappa shape index (κ2) is 24.5. The normalized spacial score (nSPS) is 11.1. The van der Waals surface area contributed by atoms with Crippen molar-refractivity contribution in [1.82, 2.24) is 0 Å². The molecule has 0 saturated heterocycles. The molecule has 0 saturated carbocycles. The number of hydrogen-bond donors (Lipinski definition) is 1. The topological polar surface area (TPSA) is 160 Å². The minimum absolute atomic E-state index is 0.0317. The summed E-state index contributed by atoms with van der Waals surface area (Å²) < 4.78 is 111. The Labute approximate surface area is 373 Å². The lowest BCUT2D eigenvalue weighted by Gasteiger charge is -2.07. The van der Waals surface area contributed by atoms with Crippen LogP contribution >= 0.6 is 0 Å². The number of aromatic hydroxyl groups is 1. The van der Waals surface area contributed by atoms with E-state index >= 15 is 0 Å². The third-order valence-electron chi connectivity index (χ3n) is 8.69. The zero-order valence-corrected chi connectivity index (χ0v) is 37.4. The van der Waals surface area contributed by atoms with Crippen LogP contribution in [0.1, 0.15) is 16.7 Å². The Bertz CT molecular complexity index is 2720. The standard InChI is InChI=1S/C15H16O6S2.C13H11FO.C12H10O.C8H9FO3S/c1-12-3-7-14(8-4-12)22(16,17)20-11-21-23(18,19)15-9-5-13(2)6-10-15;14-10-15-13-8-6-12(7-9-13)11-4-2-1-3-5-11;13-12-8-6-11(7-9-12)10-4-2-1-3-5-10;1-7-2-4-8(5-3-7)13(10,11)12-6-9/h3-10H,11H2,1-2H3;1-9H,10H2;1-9,13H;2-5H,6H2,1H3/i;14-1;;9-1. The first-order valence-electron chi connectivity index (χ1n) is 19.2. The highest BCUT2D eigenvalue weighted by Crippen LogP contribution is 2.23. The van der Waals surface area contributed by atoms with Gasteiger partial charge in [0.15, 0.2) is 6.79 Å². The second-order valence-corrected chi connectivity index (χ2v) is 18.3. The van der Waals surface area contributed by atoms with Gasteiger partial charge in [0.2, 0.25) is 13.7 Å². The Balaban J connectivity index is 0.000000193. The van der Waals surface area contributed by atoms with E-state index in [4.69, 9.17) is 9.84 Å². The van der Waals surface area contributed by atoms with E-state index in [1.165, 1.54) is 42.0 Å². The van der Waals surface area contributed by atoms with Crippen LogP contribution in [0.4, 0.5) is 8.78 Å². The number of halogens is 2. The molecule has 0 atom stereocenters. The maximum atomic E-state index is 11.9. The summed E-state index contributed by atoms with van der Waals surface area (Å²) in [4.78, 5) is -0.172. The third-order valence-corrected chi connectivity index (χ3v) is 12.5. The fraction of sp³-hybridized carbons (Fsp3) is 0.125. The summed E-state index contributed by atoms with van der Waals surface area (Å²) in [6, 6.07) is 52.6. The number of phenols is 1. The first kappa shape index (κ1) is 50.4. The van der Waals surface area contributed by atoms with Gasteiger partial charge in [-0.1, -0.05) is 138 Å². The van der Waals surface area contributed by atoms with Crippen LogP contribution in [0, 0.1) is 20.8 Å². The van der Waals surface area contributed by atoms with Crippen molar-refractivity contribution in [2.24, 2.45) is 0 Å². The Morgan fingerprint density at radius 2 is 0.703 bits per heavy atom. The van der Waals surface area contributed by atoms with Gasteiger partial charge in [-0.25, -0.2) is 21.3 Å². The number of hydrogen-bond acceptors (Lipinski definition) is 11. The van der Waals surface area contributed by atoms with Gasteiger partial charge in [0.05, 0.1) is 14.7 Å². The van der Waals surface area contributed by atoms with Crippen LogP contribution in [-0.2, 0) is 42.9 Å². The first-order valence-corrected chi connectivity index (χ1v) is 23.4. The molecule has 1 N–H and O–H groups in total. The van der Waals surface area contributed by atoms with Gasteiger partial charge in [-0.3, -0.25) is 0 Å². The summed E-state index contributed by atoms with van der Waals surface area (Å²) in [6.07, 6.45) is 0. The number of ether oxygens (including phenoxy) is 1. The zero-order chi connectivity index (χ0) is 46.6. The van der Waals surface area contributed by atoms with Crippen molar-refractivity contribution >= 4 is 30.4 Å². The zero-order valence-electron chi connectivity index (χ0n) is 35.0. The molecule has 11 nitrogen and oxygen atoms in total. The van der Waals surface area contributed by atoms with Crippen LogP contribution in [0.2, 0.25) is 0 Å². The Morgan fingerprint density at radius 1 is 0.391 bits per heavy atom. The summed E-state index contributed by atoms with van der Waals surface area (Å²) in [6.45, 7) is 2.41. The fourth-order valence-corrected chi connectivity index (χ4v) is 7.59. The SMILES string of the molecule is Cc1ccc(S(=O)(=O)OCOS(=O)(=O)c2ccc(C)cc2)cc1.Cc1ccc(S(=O)(=O)OC[18F])cc1.Oc1ccc(-c2ccccc2)cc1.[18F]COc1ccc(-c2ccccc2)cc1. The fourth-order valence-electron chi connectivity index (χ4n) is 5.25. The smallest absolute Gasteiger partial charge is 0.299 e. The van der Waals surface area contributed by atoms with Gasteiger partial charge in [0.25, 0.3) is 30.4 Å². The van der Waals surface area contributed by atoms with Crippen LogP contribution < -0.4 is 4.74 Å². The van der Waals surface area contributed by atoms with Crippen molar-refractivity contribution in [3.05, 3.63) is 199 Å². The molecule has 0 aliphatic rings. The van der Waals surface area contributed by atoms with Gasteiger partial charge < -0.3 is 9.84 Å². The minimum Gasteiger partial charge on any atom is -0.508 e. The summed E-state index contributed by atoms with van der Waals surface area (Å²) in [5, 5.41) is 9.10. The lowest BCUT2D eigenvalue weighted by atomic mass is 10.1. The van der Waals surface area contributed by atoms with Crippen molar-refractivity contribution < 1.29 is 56.4 Å². The molecule has 7 rings (SSSR count). The summed E-state index contributed by atoms with van der Waals surface area (Å²) >= 11 is 0. The van der Waals surface area contributed by atoms with Crippen molar-refractivity contribution in [3.63, 3.8) is 0 Å². The number of benzene rings is 7. The molecule has 0 aliphatic heterocycles. The molecule has 0 aliphatic carbocycles. The maximum Gasteiger partial charge on any atom is 0.299 e. The van der Waals surface area contributed by atoms with Gasteiger partial charge in [-0.05, 0) is 104 Å². The van der Waals surface area contributed by atoms with Gasteiger partial charge >= 0.3 is 0 Å². The van der Waals surface area contributed by atoms with Gasteiger partial charge in [0, 0.05) is 0 Å². The highest BCUT2D eigenvalue weighted by molar-refractivity contribution is 7.87. The lowest BCUT2D eigenvalue weighted by Crippen LogP contribution is -2.14. The Hall–Kier alpha value is -6.27. The molecule has 0 unspecified atom stereocenters. The average molecular weight is 931 g/mol. The molecule has 7 aromatic carbocycles. The molecule has 0 amide bonds. The predicted octanol–water partition coefficient (Wildman–Crippen LogP) is 10.7. The number of aryl methyl sites for hydroxylation is 3. The lowest BCUT2D eigenvalue weighted by molar-refractivity contribution is 0.132. The van der Waals surface area contributed by atoms with Crippen LogP contribution in [0.15, 0.2) is 197 Å². The van der Waals surface area contributed by atoms with E-state index in [0.717, 1.165) is 33.4 Å². The monoisotopic (exact) mass is 930 g/mol. The molecule has 0 bridgehead atoms. The van der Waals surface area contributed by atoms with E-state index < -0.39 is 50.9 Å². The van der Waals surface area contributed by atoms with Gasteiger partial charge in [-0.2, -0.15) is 25.3 Å². The first-order chi connectivity index (χ1) is 30.5. The van der Waals surface area contributed by atoms with Gasteiger partial charge in [-0.15, -0.1) is 0 Å². The average Bonchev–Trinajstić information content (AvgIpc) is 3.29. The molecule has 7 aromatic rings. The van der Waals surface area contributed by atoms with E-state index in [2.05, 4.69) is 12.5 Å². The van der Waals surface area contributed by atoms with Crippen molar-refractivity contribution in [2.45, 2.75) is 35.5 Å². The van der Waals surface area contributed by atoms with E-state index in [1.807, 2.05) is 106 Å². The maximum absolute atomic E-state index is 11.9. The molecule has 0 heterocycles. The predicted molar refractivity (Wildman–Crippen MR) is 241 cm³/mol. The molecule has 0 spiro atoms. The molecular formula is C48H46F2O11S3. The third kappa shape index (κ3) is 16.5. The number of rotatable bonds is 13. The summed E-state index contributed by atoms with van der Waals surface area (Å²) in [5.41, 5.74) is 7.25. The van der Waals surface area contributed by atoms with E-state index in [9.17, 15) is 34.0 Å². The highest BCUT2D eigenvalue weighted by Gasteiger charge is 2.20. The van der Waals surface area contributed by atoms with Crippen LogP contribution in [0.25, 0.3) is 22.3 Å². The largest absolute Gasteiger partial charge is 0.508 e. The molecule has 0 fully saturated rings. The highest BCUT2D eigenvalue weighted by atomic mass is 32.2. The molecule has 16 heteroatoms. The molecule has 0 aromatic heterocycles. The number of alkyl halides is 2. The molecule has 64 heavy (non-hydrogen) atoms. The van der Waals surface area contributed by atoms with Crippen molar-refractivity contribution in [1.29, 1.82) is 0 Å². The molecule has 336 valence electrons. The van der Waals surface area contributed by atoms with E-state index in [-0.39, 0.29) is 14.7 Å². The summed E-state index contributed by atoms with van der Waals surface area (Å²) in [5.74, 6) is 0.858. The summed E-state index contributed by atoms with van der Waals surface area (Å²) in [7, 11) is -12.1. The second-order valence-electron chi connectivity index (χ2n) is 13.4. The van der Waals surface area contributed by atoms with Crippen LogP contribution in [0.3, 0.4) is 0 Å². The van der Waals surface area contributed by atoms with E-state index in [0.29, 0.717) is 11.5 Å². The Morgan fingerprint density at radius 3 is 1.03 bits per heavy atom. The van der Waals surface area contributed by atoms with Gasteiger partial charge in [0.1, 0.15) is 11.5 Å². The number of phenolic OH excluding ortho intramolecular Hbond substituents is 1. The van der Waals surface area contributed by atoms with Crippen LogP contribution in [-0.4, -0.2) is 50.9 Å². The van der Waals surface area contributed by atoms with Crippen molar-refractivity contribution in [3.8, 4) is 33.8 Å².